The molecule has 0 unspecified atom stereocenters. The quantitative estimate of drug-likeness (QED) is 0.846. The van der Waals surface area contributed by atoms with Crippen LogP contribution in [0.5, 0.6) is 0 Å². The fourth-order valence-electron chi connectivity index (χ4n) is 2.96. The number of carbonyl (C=O) groups excluding carboxylic acids is 1. The molecule has 1 aliphatic heterocycles. The molecule has 1 aromatic carbocycles. The standard InChI is InChI=1S/C19H21FN4O/c1-3-5-15-6-4-11-24(15)19(25)14-9-7-13(8-10-14)17-22-12-16(20)18(21-2)23-17/h4,6-10,12,15H,3,5,11H2,1-2H3,(H,21,22,23)/t15-/m1/s1. The van der Waals surface area contributed by atoms with E-state index in [0.29, 0.717) is 17.9 Å². The Morgan fingerprint density at radius 2 is 2.12 bits per heavy atom. The van der Waals surface area contributed by atoms with Crippen LogP contribution in [0.25, 0.3) is 11.4 Å². The number of aromatic nitrogens is 2. The second kappa shape index (κ2) is 7.42. The number of rotatable bonds is 5. The molecule has 1 aliphatic rings. The summed E-state index contributed by atoms with van der Waals surface area (Å²) in [6.45, 7) is 2.77. The monoisotopic (exact) mass is 340 g/mol. The average molecular weight is 340 g/mol. The van der Waals surface area contributed by atoms with E-state index in [1.807, 2.05) is 11.0 Å². The highest BCUT2D eigenvalue weighted by Gasteiger charge is 2.24. The summed E-state index contributed by atoms with van der Waals surface area (Å²) < 4.78 is 13.5. The van der Waals surface area contributed by atoms with Crippen molar-refractivity contribution >= 4 is 11.7 Å². The molecule has 0 fully saturated rings. The molecule has 0 saturated carbocycles. The summed E-state index contributed by atoms with van der Waals surface area (Å²) in [6, 6.07) is 7.29. The van der Waals surface area contributed by atoms with Gasteiger partial charge in [-0.25, -0.2) is 14.4 Å². The summed E-state index contributed by atoms with van der Waals surface area (Å²) in [5.74, 6) is 0.0830. The Balaban J connectivity index is 1.79. The number of carbonyl (C=O) groups is 1. The highest BCUT2D eigenvalue weighted by Crippen LogP contribution is 2.22. The third-order valence-corrected chi connectivity index (χ3v) is 4.28. The topological polar surface area (TPSA) is 58.1 Å². The van der Waals surface area contributed by atoms with E-state index in [0.717, 1.165) is 24.6 Å². The Labute approximate surface area is 146 Å². The van der Waals surface area contributed by atoms with E-state index in [4.69, 9.17) is 0 Å². The van der Waals surface area contributed by atoms with Crippen molar-refractivity contribution in [2.45, 2.75) is 25.8 Å². The summed E-state index contributed by atoms with van der Waals surface area (Å²) >= 11 is 0. The number of anilines is 1. The van der Waals surface area contributed by atoms with E-state index in [2.05, 4.69) is 28.3 Å². The predicted octanol–water partition coefficient (Wildman–Crippen LogP) is 3.51. The molecule has 0 bridgehead atoms. The first-order valence-corrected chi connectivity index (χ1v) is 8.42. The molecule has 0 aliphatic carbocycles. The Hall–Kier alpha value is -2.76. The number of nitrogens with zero attached hydrogens (tertiary/aromatic N) is 3. The lowest BCUT2D eigenvalue weighted by molar-refractivity contribution is 0.0744. The molecule has 1 N–H and O–H groups in total. The van der Waals surface area contributed by atoms with E-state index >= 15 is 0 Å². The highest BCUT2D eigenvalue weighted by atomic mass is 19.1. The zero-order valence-electron chi connectivity index (χ0n) is 14.4. The molecule has 1 aromatic heterocycles. The zero-order valence-corrected chi connectivity index (χ0v) is 14.4. The normalized spacial score (nSPS) is 16.3. The van der Waals surface area contributed by atoms with E-state index < -0.39 is 5.82 Å². The summed E-state index contributed by atoms with van der Waals surface area (Å²) in [5, 5.41) is 2.70. The molecule has 1 atom stereocenters. The van der Waals surface area contributed by atoms with Gasteiger partial charge in [0.05, 0.1) is 12.2 Å². The number of nitrogens with one attached hydrogen (secondary N) is 1. The molecule has 0 radical (unpaired) electrons. The smallest absolute Gasteiger partial charge is 0.254 e. The van der Waals surface area contributed by atoms with Crippen molar-refractivity contribution < 1.29 is 9.18 Å². The molecular formula is C19H21FN4O. The van der Waals surface area contributed by atoms with Gasteiger partial charge in [0.2, 0.25) is 0 Å². The van der Waals surface area contributed by atoms with Gasteiger partial charge in [-0.15, -0.1) is 0 Å². The molecule has 1 amide bonds. The van der Waals surface area contributed by atoms with Gasteiger partial charge in [-0.2, -0.15) is 0 Å². The van der Waals surface area contributed by atoms with Gasteiger partial charge in [-0.3, -0.25) is 4.79 Å². The lowest BCUT2D eigenvalue weighted by atomic mass is 10.1. The second-order valence-electron chi connectivity index (χ2n) is 5.96. The van der Waals surface area contributed by atoms with Crippen molar-refractivity contribution in [1.29, 1.82) is 0 Å². The maximum atomic E-state index is 13.5. The van der Waals surface area contributed by atoms with Crippen molar-refractivity contribution in [2.75, 3.05) is 18.9 Å². The van der Waals surface area contributed by atoms with Gasteiger partial charge in [0.15, 0.2) is 17.5 Å². The highest BCUT2D eigenvalue weighted by molar-refractivity contribution is 5.95. The molecule has 3 rings (SSSR count). The molecule has 130 valence electrons. The largest absolute Gasteiger partial charge is 0.371 e. The molecular weight excluding hydrogens is 319 g/mol. The van der Waals surface area contributed by atoms with Crippen LogP contribution in [0.15, 0.2) is 42.6 Å². The summed E-state index contributed by atoms with van der Waals surface area (Å²) in [6.07, 6.45) is 7.28. The van der Waals surface area contributed by atoms with Crippen LogP contribution in [0.3, 0.4) is 0 Å². The third kappa shape index (κ3) is 3.52. The molecule has 0 saturated heterocycles. The van der Waals surface area contributed by atoms with E-state index in [9.17, 15) is 9.18 Å². The van der Waals surface area contributed by atoms with Gasteiger partial charge in [0.1, 0.15) is 0 Å². The fourth-order valence-corrected chi connectivity index (χ4v) is 2.96. The van der Waals surface area contributed by atoms with Crippen LogP contribution >= 0.6 is 0 Å². The predicted molar refractivity (Wildman–Crippen MR) is 95.8 cm³/mol. The second-order valence-corrected chi connectivity index (χ2v) is 5.96. The number of benzene rings is 1. The Morgan fingerprint density at radius 1 is 1.36 bits per heavy atom. The maximum Gasteiger partial charge on any atom is 0.254 e. The van der Waals surface area contributed by atoms with Crippen LogP contribution < -0.4 is 5.32 Å². The van der Waals surface area contributed by atoms with Crippen LogP contribution in [-0.2, 0) is 0 Å². The molecule has 6 heteroatoms. The molecule has 0 spiro atoms. The fraction of sp³-hybridized carbons (Fsp3) is 0.316. The summed E-state index contributed by atoms with van der Waals surface area (Å²) in [7, 11) is 1.60. The minimum atomic E-state index is -0.499. The lowest BCUT2D eigenvalue weighted by Crippen LogP contribution is -2.35. The Kier molecular flexibility index (Phi) is 5.07. The van der Waals surface area contributed by atoms with Gasteiger partial charge in [-0.1, -0.05) is 37.6 Å². The van der Waals surface area contributed by atoms with Crippen molar-refractivity contribution in [1.82, 2.24) is 14.9 Å². The van der Waals surface area contributed by atoms with Gasteiger partial charge in [0.25, 0.3) is 5.91 Å². The van der Waals surface area contributed by atoms with Gasteiger partial charge >= 0.3 is 0 Å². The minimum absolute atomic E-state index is 0.0194. The van der Waals surface area contributed by atoms with E-state index in [1.54, 1.807) is 31.3 Å². The van der Waals surface area contributed by atoms with E-state index in [1.165, 1.54) is 0 Å². The Bertz CT molecular complexity index is 789. The van der Waals surface area contributed by atoms with Crippen LogP contribution in [0.1, 0.15) is 30.1 Å². The SMILES string of the molecule is CCC[C@@H]1C=CCN1C(=O)c1ccc(-c2ncc(F)c(NC)n2)cc1. The number of hydrogen-bond acceptors (Lipinski definition) is 4. The number of amides is 1. The third-order valence-electron chi connectivity index (χ3n) is 4.28. The Morgan fingerprint density at radius 3 is 2.80 bits per heavy atom. The van der Waals surface area contributed by atoms with Crippen molar-refractivity contribution in [3.63, 3.8) is 0 Å². The maximum absolute atomic E-state index is 13.5. The van der Waals surface area contributed by atoms with Gasteiger partial charge in [-0.05, 0) is 18.6 Å². The van der Waals surface area contributed by atoms with Crippen LogP contribution in [0.2, 0.25) is 0 Å². The first-order valence-electron chi connectivity index (χ1n) is 8.42. The van der Waals surface area contributed by atoms with Crippen molar-refractivity contribution in [3.05, 3.63) is 54.0 Å². The zero-order chi connectivity index (χ0) is 17.8. The molecule has 5 nitrogen and oxygen atoms in total. The summed E-state index contributed by atoms with van der Waals surface area (Å²) in [5.41, 5.74) is 1.36. The van der Waals surface area contributed by atoms with Crippen molar-refractivity contribution in [3.8, 4) is 11.4 Å². The minimum Gasteiger partial charge on any atom is -0.371 e. The first kappa shape index (κ1) is 17.1. The molecule has 2 aromatic rings. The first-order chi connectivity index (χ1) is 12.1. The molecule has 25 heavy (non-hydrogen) atoms. The van der Waals surface area contributed by atoms with E-state index in [-0.39, 0.29) is 17.8 Å². The van der Waals surface area contributed by atoms with Crippen LogP contribution in [0, 0.1) is 5.82 Å². The average Bonchev–Trinajstić information content (AvgIpc) is 3.10. The molecule has 2 heterocycles. The number of hydrogen-bond donors (Lipinski definition) is 1. The number of halogens is 1. The van der Waals surface area contributed by atoms with Gasteiger partial charge in [0, 0.05) is 24.7 Å². The lowest BCUT2D eigenvalue weighted by Gasteiger charge is -2.24. The summed E-state index contributed by atoms with van der Waals surface area (Å²) in [4.78, 5) is 22.8. The van der Waals surface area contributed by atoms with Crippen LogP contribution in [-0.4, -0.2) is 40.4 Å². The van der Waals surface area contributed by atoms with Crippen LogP contribution in [0.4, 0.5) is 10.2 Å². The van der Waals surface area contributed by atoms with Crippen molar-refractivity contribution in [2.24, 2.45) is 0 Å². The van der Waals surface area contributed by atoms with Gasteiger partial charge < -0.3 is 10.2 Å².